The number of pyridine rings is 1. The highest BCUT2D eigenvalue weighted by atomic mass is 35.5. The van der Waals surface area contributed by atoms with E-state index >= 15 is 0 Å². The van der Waals surface area contributed by atoms with Gasteiger partial charge in [0.1, 0.15) is 23.9 Å². The molecule has 0 spiro atoms. The fraction of sp³-hybridized carbons (Fsp3) is 0.400. The molecule has 0 aliphatic carbocycles. The lowest BCUT2D eigenvalue weighted by molar-refractivity contribution is 0.0789. The van der Waals surface area contributed by atoms with Crippen LogP contribution in [0.3, 0.4) is 0 Å². The highest BCUT2D eigenvalue weighted by Crippen LogP contribution is 2.34. The molecule has 5 rings (SSSR count). The highest BCUT2D eigenvalue weighted by Gasteiger charge is 2.14. The molecule has 0 aliphatic rings. The zero-order valence-corrected chi connectivity index (χ0v) is 26.0. The number of fused-ring (bicyclic) bond motifs is 3. The molecule has 0 radical (unpaired) electrons. The molecule has 11 nitrogen and oxygen atoms in total. The third kappa shape index (κ3) is 7.99. The summed E-state index contributed by atoms with van der Waals surface area (Å²) in [5.41, 5.74) is 9.89. The number of methoxy groups -OCH3 is 1. The Morgan fingerprint density at radius 3 is 2.72 bits per heavy atom. The maximum atomic E-state index is 10.2. The molecule has 0 bridgehead atoms. The summed E-state index contributed by atoms with van der Waals surface area (Å²) in [6, 6.07) is 11.7. The van der Waals surface area contributed by atoms with E-state index in [0.717, 1.165) is 71.9 Å². The summed E-state index contributed by atoms with van der Waals surface area (Å²) in [6.07, 6.45) is 8.23. The van der Waals surface area contributed by atoms with Crippen LogP contribution in [0.15, 0.2) is 49.1 Å². The fourth-order valence-corrected chi connectivity index (χ4v) is 5.91. The van der Waals surface area contributed by atoms with Crippen molar-refractivity contribution in [3.8, 4) is 5.75 Å². The Morgan fingerprint density at radius 2 is 1.86 bits per heavy atom. The average molecular weight is 626 g/mol. The van der Waals surface area contributed by atoms with E-state index in [4.69, 9.17) is 36.3 Å². The summed E-state index contributed by atoms with van der Waals surface area (Å²) in [6.45, 7) is 3.82. The number of halogens is 1. The zero-order valence-electron chi connectivity index (χ0n) is 24.4. The second-order valence-electron chi connectivity index (χ2n) is 10.3. The van der Waals surface area contributed by atoms with Gasteiger partial charge in [0.25, 0.3) is 0 Å². The fourth-order valence-electron chi connectivity index (χ4n) is 4.94. The first-order valence-corrected chi connectivity index (χ1v) is 16.1. The predicted octanol–water partition coefficient (Wildman–Crippen LogP) is 6.52. The number of nitrogens with zero attached hydrogens (tertiary/aromatic N) is 5. The summed E-state index contributed by atoms with van der Waals surface area (Å²) < 4.78 is 18.7. The number of aromatic nitrogens is 5. The van der Waals surface area contributed by atoms with Crippen molar-refractivity contribution in [1.82, 2.24) is 24.5 Å². The Balaban J connectivity index is 0.983. The number of hydrogen-bond donors (Lipinski definition) is 3. The van der Waals surface area contributed by atoms with Crippen molar-refractivity contribution in [2.24, 2.45) is 0 Å². The molecule has 0 amide bonds. The van der Waals surface area contributed by atoms with Crippen molar-refractivity contribution in [1.29, 1.82) is 0 Å². The van der Waals surface area contributed by atoms with Crippen LogP contribution >= 0.6 is 20.0 Å². The lowest BCUT2D eigenvalue weighted by Gasteiger charge is -2.17. The minimum absolute atomic E-state index is 0.155. The average Bonchev–Trinajstić information content (AvgIpc) is 3.42. The number of imidazole rings is 1. The smallest absolute Gasteiger partial charge is 0.195 e. The lowest BCUT2D eigenvalue weighted by Crippen LogP contribution is -2.17. The first kappa shape index (κ1) is 31.1. The van der Waals surface area contributed by atoms with Crippen LogP contribution in [0.2, 0.25) is 5.02 Å². The van der Waals surface area contributed by atoms with Crippen LogP contribution in [0.25, 0.3) is 33.0 Å². The Kier molecular flexibility index (Phi) is 10.8. The molecule has 2 aromatic carbocycles. The molecule has 43 heavy (non-hydrogen) atoms. The van der Waals surface area contributed by atoms with Crippen LogP contribution in [0.5, 0.6) is 5.75 Å². The number of anilines is 2. The number of nitrogens with two attached hydrogens (primary N) is 1. The minimum atomic E-state index is -1.63. The molecule has 0 fully saturated rings. The topological polar surface area (TPSA) is 142 Å². The van der Waals surface area contributed by atoms with Crippen LogP contribution < -0.4 is 15.8 Å². The number of ether oxygens (including phenoxy) is 2. The molecule has 3 aromatic heterocycles. The van der Waals surface area contributed by atoms with Crippen LogP contribution in [-0.4, -0.2) is 62.1 Å². The molecule has 5 aromatic rings. The molecule has 0 saturated heterocycles. The number of nitrogens with one attached hydrogen (secondary N) is 1. The number of unbranched alkanes of at least 4 members (excludes halogenated alkanes) is 4. The second kappa shape index (κ2) is 14.9. The van der Waals surface area contributed by atoms with Crippen molar-refractivity contribution in [2.45, 2.75) is 51.7 Å². The van der Waals surface area contributed by atoms with Crippen molar-refractivity contribution < 1.29 is 18.9 Å². The summed E-state index contributed by atoms with van der Waals surface area (Å²) >= 11 is 6.24. The summed E-state index contributed by atoms with van der Waals surface area (Å²) in [4.78, 5) is 27.5. The Hall–Kier alpha value is -3.34. The van der Waals surface area contributed by atoms with Gasteiger partial charge in [0, 0.05) is 22.3 Å². The third-order valence-corrected chi connectivity index (χ3v) is 8.24. The molecule has 2 atom stereocenters. The molecule has 3 heterocycles. The largest absolute Gasteiger partial charge is 0.497 e. The van der Waals surface area contributed by atoms with Gasteiger partial charge in [-0.2, -0.15) is 0 Å². The Morgan fingerprint density at radius 1 is 1.02 bits per heavy atom. The minimum Gasteiger partial charge on any atom is -0.497 e. The normalized spacial score (nSPS) is 13.1. The number of hydrogen-bond acceptors (Lipinski definition) is 10. The molecule has 13 heteroatoms. The Bertz CT molecular complexity index is 1670. The second-order valence-corrected chi connectivity index (χ2v) is 12.0. The monoisotopic (exact) mass is 625 g/mol. The quantitative estimate of drug-likeness (QED) is 0.0630. The van der Waals surface area contributed by atoms with Gasteiger partial charge in [-0.1, -0.05) is 30.9 Å². The van der Waals surface area contributed by atoms with E-state index in [-0.39, 0.29) is 12.5 Å². The molecular formula is C30H37ClN7O4P. The number of rotatable bonds is 16. The van der Waals surface area contributed by atoms with Crippen LogP contribution in [0.1, 0.15) is 39.0 Å². The van der Waals surface area contributed by atoms with Gasteiger partial charge in [0.05, 0.1) is 49.4 Å². The van der Waals surface area contributed by atoms with Gasteiger partial charge < -0.3 is 34.5 Å². The molecule has 2 unspecified atom stereocenters. The van der Waals surface area contributed by atoms with Gasteiger partial charge in [0.15, 0.2) is 19.8 Å². The first-order chi connectivity index (χ1) is 20.9. The van der Waals surface area contributed by atoms with Crippen LogP contribution in [0, 0.1) is 0 Å². The summed E-state index contributed by atoms with van der Waals surface area (Å²) in [5.74, 6) is 1.14. The van der Waals surface area contributed by atoms with Crippen LogP contribution in [-0.2, 0) is 15.8 Å². The molecule has 4 N–H and O–H groups in total. The molecule has 0 saturated carbocycles. The van der Waals surface area contributed by atoms with Gasteiger partial charge in [-0.05, 0) is 56.2 Å². The summed E-state index contributed by atoms with van der Waals surface area (Å²) in [5, 5.41) is 6.37. The van der Waals surface area contributed by atoms with E-state index in [2.05, 4.69) is 20.3 Å². The van der Waals surface area contributed by atoms with Crippen molar-refractivity contribution in [3.05, 3.63) is 54.1 Å². The number of nitrogen functional groups attached to an aromatic ring is 1. The maximum absolute atomic E-state index is 10.2. The predicted molar refractivity (Wildman–Crippen MR) is 173 cm³/mol. The van der Waals surface area contributed by atoms with E-state index in [1.54, 1.807) is 13.4 Å². The van der Waals surface area contributed by atoms with E-state index in [0.29, 0.717) is 35.2 Å². The standard InChI is InChI=1S/C30H37ClN7O4P/c1-20(16-38-18-36-28-29(32)34-17-35-30(28)38)41-19-43(39)42-13-7-5-3-4-6-12-33-27-23-10-8-21(31)14-26(23)37-25-11-9-22(40-2)15-24(25)27/h8-11,14-15,17-18,20,39H,3-7,12-13,16,19H2,1-2H3,(H,33,37)(H2,32,34,35). The van der Waals surface area contributed by atoms with Gasteiger partial charge in [-0.15, -0.1) is 0 Å². The summed E-state index contributed by atoms with van der Waals surface area (Å²) in [7, 11) is 0.0375. The lowest BCUT2D eigenvalue weighted by atomic mass is 10.1. The van der Waals surface area contributed by atoms with E-state index in [1.807, 2.05) is 47.9 Å². The van der Waals surface area contributed by atoms with E-state index in [1.165, 1.54) is 6.33 Å². The third-order valence-electron chi connectivity index (χ3n) is 7.16. The van der Waals surface area contributed by atoms with Crippen molar-refractivity contribution >= 4 is 64.5 Å². The van der Waals surface area contributed by atoms with Gasteiger partial charge in [-0.25, -0.2) is 19.9 Å². The Labute approximate surface area is 256 Å². The van der Waals surface area contributed by atoms with Crippen molar-refractivity contribution in [2.75, 3.05) is 37.7 Å². The highest BCUT2D eigenvalue weighted by molar-refractivity contribution is 7.45. The zero-order chi connectivity index (χ0) is 30.2. The van der Waals surface area contributed by atoms with Crippen molar-refractivity contribution in [3.63, 3.8) is 0 Å². The number of benzene rings is 2. The maximum Gasteiger partial charge on any atom is 0.195 e. The molecule has 0 aliphatic heterocycles. The van der Waals surface area contributed by atoms with Crippen LogP contribution in [0.4, 0.5) is 11.5 Å². The van der Waals surface area contributed by atoms with Gasteiger partial charge in [0.2, 0.25) is 0 Å². The van der Waals surface area contributed by atoms with E-state index in [9.17, 15) is 4.89 Å². The van der Waals surface area contributed by atoms with Gasteiger partial charge >= 0.3 is 0 Å². The van der Waals surface area contributed by atoms with Gasteiger partial charge in [-0.3, -0.25) is 0 Å². The first-order valence-electron chi connectivity index (χ1n) is 14.4. The SMILES string of the molecule is COc1ccc2nc3cc(Cl)ccc3c(NCCCCCCCOP(O)COC(C)Cn3cnc4c(N)ncnc43)c2c1. The molecule has 228 valence electrons. The molecular weight excluding hydrogens is 589 g/mol. The van der Waals surface area contributed by atoms with E-state index < -0.39 is 8.38 Å².